The van der Waals surface area contributed by atoms with Gasteiger partial charge in [0.25, 0.3) is 0 Å². The number of nitrogens with zero attached hydrogens (tertiary/aromatic N) is 3. The summed E-state index contributed by atoms with van der Waals surface area (Å²) in [4.78, 5) is 10.2. The first kappa shape index (κ1) is 20.9. The fraction of sp³-hybridized carbons (Fsp3) is 0.955. The van der Waals surface area contributed by atoms with Gasteiger partial charge in [0.1, 0.15) is 0 Å². The van der Waals surface area contributed by atoms with Crippen LogP contribution in [0, 0.1) is 0 Å². The molecule has 2 N–H and O–H groups in total. The number of nitrogens with one attached hydrogen (secondary N) is 2. The summed E-state index contributed by atoms with van der Waals surface area (Å²) in [7, 11) is 0. The molecule has 2 heterocycles. The third kappa shape index (κ3) is 7.26. The lowest BCUT2D eigenvalue weighted by atomic mass is 10.1. The van der Waals surface area contributed by atoms with Crippen LogP contribution in [0.15, 0.2) is 4.99 Å². The summed E-state index contributed by atoms with van der Waals surface area (Å²) in [5.74, 6) is 1.03. The summed E-state index contributed by atoms with van der Waals surface area (Å²) in [6.45, 7) is 10.5. The molecule has 0 aromatic carbocycles. The lowest BCUT2D eigenvalue weighted by Crippen LogP contribution is -2.45. The minimum absolute atomic E-state index is 0.572. The van der Waals surface area contributed by atoms with Crippen molar-refractivity contribution in [3.63, 3.8) is 0 Å². The second-order valence-electron chi connectivity index (χ2n) is 8.79. The molecule has 27 heavy (non-hydrogen) atoms. The van der Waals surface area contributed by atoms with E-state index in [0.29, 0.717) is 6.04 Å². The van der Waals surface area contributed by atoms with Crippen molar-refractivity contribution >= 4 is 5.96 Å². The standard InChI is InChI=1S/C22H43N5/c1-2-23-22(24-14-7-3-8-15-26-16-9-4-10-17-26)25-20-13-18-27(19-20)21-11-5-6-12-21/h20-21H,2-19H2,1H3,(H2,23,24,25). The van der Waals surface area contributed by atoms with Crippen molar-refractivity contribution in [1.29, 1.82) is 0 Å². The number of guanidine groups is 1. The zero-order valence-electron chi connectivity index (χ0n) is 17.7. The molecule has 1 aliphatic carbocycles. The van der Waals surface area contributed by atoms with Crippen LogP contribution in [0.1, 0.15) is 77.6 Å². The van der Waals surface area contributed by atoms with Gasteiger partial charge in [-0.1, -0.05) is 25.7 Å². The quantitative estimate of drug-likeness (QED) is 0.368. The fourth-order valence-electron chi connectivity index (χ4n) is 5.02. The van der Waals surface area contributed by atoms with Gasteiger partial charge in [-0.2, -0.15) is 0 Å². The average Bonchev–Trinajstić information content (AvgIpc) is 3.37. The first-order chi connectivity index (χ1) is 13.3. The highest BCUT2D eigenvalue weighted by Gasteiger charge is 2.30. The molecule has 0 spiro atoms. The van der Waals surface area contributed by atoms with Gasteiger partial charge in [0, 0.05) is 38.3 Å². The van der Waals surface area contributed by atoms with Gasteiger partial charge in [0.15, 0.2) is 5.96 Å². The fourth-order valence-corrected chi connectivity index (χ4v) is 5.02. The minimum atomic E-state index is 0.572. The van der Waals surface area contributed by atoms with E-state index in [-0.39, 0.29) is 0 Å². The van der Waals surface area contributed by atoms with Crippen LogP contribution in [0.25, 0.3) is 0 Å². The Kier molecular flexibility index (Phi) is 9.22. The summed E-state index contributed by atoms with van der Waals surface area (Å²) in [6.07, 6.45) is 15.0. The zero-order chi connectivity index (χ0) is 18.7. The van der Waals surface area contributed by atoms with Crippen LogP contribution in [-0.4, -0.2) is 73.7 Å². The molecule has 1 saturated carbocycles. The molecule has 0 bridgehead atoms. The van der Waals surface area contributed by atoms with Crippen LogP contribution in [0.3, 0.4) is 0 Å². The van der Waals surface area contributed by atoms with Gasteiger partial charge in [0.05, 0.1) is 0 Å². The van der Waals surface area contributed by atoms with E-state index in [1.54, 1.807) is 0 Å². The predicted molar refractivity (Wildman–Crippen MR) is 115 cm³/mol. The van der Waals surface area contributed by atoms with Gasteiger partial charge in [0.2, 0.25) is 0 Å². The van der Waals surface area contributed by atoms with Gasteiger partial charge in [-0.25, -0.2) is 0 Å². The van der Waals surface area contributed by atoms with Crippen LogP contribution < -0.4 is 10.6 Å². The van der Waals surface area contributed by atoms with Crippen molar-refractivity contribution in [1.82, 2.24) is 20.4 Å². The maximum absolute atomic E-state index is 4.85. The van der Waals surface area contributed by atoms with Crippen molar-refractivity contribution in [3.8, 4) is 0 Å². The van der Waals surface area contributed by atoms with E-state index in [2.05, 4.69) is 27.4 Å². The van der Waals surface area contributed by atoms with E-state index in [1.165, 1.54) is 103 Å². The van der Waals surface area contributed by atoms with E-state index < -0.39 is 0 Å². The van der Waals surface area contributed by atoms with E-state index in [9.17, 15) is 0 Å². The molecule has 3 fully saturated rings. The third-order valence-corrected chi connectivity index (χ3v) is 6.60. The first-order valence-corrected chi connectivity index (χ1v) is 11.9. The maximum atomic E-state index is 4.85. The SMILES string of the molecule is CCNC(=NCCCCCN1CCCCC1)NC1CCN(C2CCCC2)C1. The van der Waals surface area contributed by atoms with Crippen molar-refractivity contribution in [2.24, 2.45) is 4.99 Å². The lowest BCUT2D eigenvalue weighted by Gasteiger charge is -2.26. The molecule has 1 atom stereocenters. The molecule has 5 heteroatoms. The Labute approximate surface area is 167 Å². The molecule has 0 radical (unpaired) electrons. The first-order valence-electron chi connectivity index (χ1n) is 11.9. The van der Waals surface area contributed by atoms with Gasteiger partial charge >= 0.3 is 0 Å². The number of piperidine rings is 1. The summed E-state index contributed by atoms with van der Waals surface area (Å²) >= 11 is 0. The molecule has 2 aliphatic heterocycles. The number of likely N-dealkylation sites (tertiary alicyclic amines) is 2. The summed E-state index contributed by atoms with van der Waals surface area (Å²) < 4.78 is 0. The Bertz CT molecular complexity index is 426. The second kappa shape index (κ2) is 11.9. The van der Waals surface area contributed by atoms with Gasteiger partial charge in [-0.15, -0.1) is 0 Å². The van der Waals surface area contributed by atoms with Crippen LogP contribution in [0.5, 0.6) is 0 Å². The van der Waals surface area contributed by atoms with Crippen molar-refractivity contribution < 1.29 is 0 Å². The largest absolute Gasteiger partial charge is 0.357 e. The average molecular weight is 378 g/mol. The molecule has 3 rings (SSSR count). The highest BCUT2D eigenvalue weighted by Crippen LogP contribution is 2.26. The van der Waals surface area contributed by atoms with Gasteiger partial charge < -0.3 is 15.5 Å². The molecule has 0 amide bonds. The van der Waals surface area contributed by atoms with Gasteiger partial charge in [-0.3, -0.25) is 9.89 Å². The van der Waals surface area contributed by atoms with Crippen LogP contribution in [0.4, 0.5) is 0 Å². The van der Waals surface area contributed by atoms with Crippen LogP contribution >= 0.6 is 0 Å². The normalized spacial score (nSPS) is 26.0. The second-order valence-corrected chi connectivity index (χ2v) is 8.79. The highest BCUT2D eigenvalue weighted by molar-refractivity contribution is 5.80. The predicted octanol–water partition coefficient (Wildman–Crippen LogP) is 3.21. The van der Waals surface area contributed by atoms with Crippen LogP contribution in [0.2, 0.25) is 0 Å². The molecule has 5 nitrogen and oxygen atoms in total. The van der Waals surface area contributed by atoms with E-state index in [0.717, 1.165) is 25.1 Å². The van der Waals surface area contributed by atoms with Crippen LogP contribution in [-0.2, 0) is 0 Å². The molecular formula is C22H43N5. The van der Waals surface area contributed by atoms with E-state index >= 15 is 0 Å². The van der Waals surface area contributed by atoms with Crippen molar-refractivity contribution in [2.75, 3.05) is 45.8 Å². The van der Waals surface area contributed by atoms with E-state index in [1.807, 2.05) is 0 Å². The van der Waals surface area contributed by atoms with Gasteiger partial charge in [-0.05, 0) is 71.5 Å². The zero-order valence-corrected chi connectivity index (χ0v) is 17.7. The highest BCUT2D eigenvalue weighted by atomic mass is 15.3. The Morgan fingerprint density at radius 3 is 2.52 bits per heavy atom. The van der Waals surface area contributed by atoms with Crippen molar-refractivity contribution in [2.45, 2.75) is 89.6 Å². The number of hydrogen-bond donors (Lipinski definition) is 2. The summed E-state index contributed by atoms with van der Waals surface area (Å²) in [5, 5.41) is 7.15. The van der Waals surface area contributed by atoms with Crippen molar-refractivity contribution in [3.05, 3.63) is 0 Å². The molecular weight excluding hydrogens is 334 g/mol. The minimum Gasteiger partial charge on any atom is -0.357 e. The van der Waals surface area contributed by atoms with E-state index in [4.69, 9.17) is 4.99 Å². The number of hydrogen-bond acceptors (Lipinski definition) is 3. The maximum Gasteiger partial charge on any atom is 0.191 e. The summed E-state index contributed by atoms with van der Waals surface area (Å²) in [5.41, 5.74) is 0. The topological polar surface area (TPSA) is 42.9 Å². The lowest BCUT2D eigenvalue weighted by molar-refractivity contribution is 0.224. The molecule has 0 aromatic rings. The Hall–Kier alpha value is -0.810. The Balaban J connectivity index is 1.30. The monoisotopic (exact) mass is 377 g/mol. The summed E-state index contributed by atoms with van der Waals surface area (Å²) in [6, 6.07) is 1.43. The molecule has 156 valence electrons. The Morgan fingerprint density at radius 1 is 0.926 bits per heavy atom. The number of aliphatic imine (C=N–C) groups is 1. The number of unbranched alkanes of at least 4 members (excludes halogenated alkanes) is 2. The smallest absolute Gasteiger partial charge is 0.191 e. The number of rotatable bonds is 9. The Morgan fingerprint density at radius 2 is 1.74 bits per heavy atom. The molecule has 2 saturated heterocycles. The molecule has 0 aromatic heterocycles. The molecule has 1 unspecified atom stereocenters. The molecule has 3 aliphatic rings. The third-order valence-electron chi connectivity index (χ3n) is 6.60.